The van der Waals surface area contributed by atoms with Crippen molar-refractivity contribution in [3.63, 3.8) is 0 Å². The van der Waals surface area contributed by atoms with Crippen molar-refractivity contribution in [3.05, 3.63) is 65.9 Å². The smallest absolute Gasteiger partial charge is 0.255 e. The molecule has 1 aliphatic heterocycles. The maximum Gasteiger partial charge on any atom is 0.255 e. The number of hydrogen-bond donors (Lipinski definition) is 0. The third kappa shape index (κ3) is 3.67. The number of ether oxygens (including phenoxy) is 2. The number of benzene rings is 2. The fourth-order valence-corrected chi connectivity index (χ4v) is 4.03. The van der Waals surface area contributed by atoms with E-state index < -0.39 is 0 Å². The molecule has 0 unspecified atom stereocenters. The number of hydrogen-bond acceptors (Lipinski definition) is 3. The number of carbonyl (C=O) groups is 1. The lowest BCUT2D eigenvalue weighted by molar-refractivity contribution is 0.0755. The van der Waals surface area contributed by atoms with Crippen molar-refractivity contribution < 1.29 is 14.3 Å². The maximum atomic E-state index is 13.4. The molecule has 3 aromatic rings. The lowest BCUT2D eigenvalue weighted by Crippen LogP contribution is -2.32. The van der Waals surface area contributed by atoms with Gasteiger partial charge in [-0.25, -0.2) is 0 Å². The van der Waals surface area contributed by atoms with Gasteiger partial charge >= 0.3 is 0 Å². The van der Waals surface area contributed by atoms with Gasteiger partial charge in [0.15, 0.2) is 11.5 Å². The van der Waals surface area contributed by atoms with Crippen LogP contribution in [0.4, 0.5) is 0 Å². The summed E-state index contributed by atoms with van der Waals surface area (Å²) < 4.78 is 13.2. The Hall–Kier alpha value is -3.21. The molecule has 156 valence electrons. The van der Waals surface area contributed by atoms with Crippen LogP contribution in [-0.4, -0.2) is 35.3 Å². The quantitative estimate of drug-likeness (QED) is 0.526. The van der Waals surface area contributed by atoms with E-state index in [0.717, 1.165) is 65.6 Å². The highest BCUT2D eigenvalue weighted by Crippen LogP contribution is 2.37. The Bertz CT molecular complexity index is 1030. The Balaban J connectivity index is 1.85. The van der Waals surface area contributed by atoms with E-state index in [0.29, 0.717) is 0 Å². The molecule has 2 aromatic carbocycles. The lowest BCUT2D eigenvalue weighted by Gasteiger charge is -2.21. The highest BCUT2D eigenvalue weighted by Gasteiger charge is 2.24. The van der Waals surface area contributed by atoms with Crippen molar-refractivity contribution in [1.82, 2.24) is 9.47 Å². The van der Waals surface area contributed by atoms with Gasteiger partial charge in [-0.05, 0) is 43.5 Å². The van der Waals surface area contributed by atoms with Crippen LogP contribution in [0.5, 0.6) is 11.5 Å². The van der Waals surface area contributed by atoms with E-state index in [9.17, 15) is 4.79 Å². The summed E-state index contributed by atoms with van der Waals surface area (Å²) in [5.41, 5.74) is 4.67. The minimum Gasteiger partial charge on any atom is -0.454 e. The van der Waals surface area contributed by atoms with Gasteiger partial charge in [-0.2, -0.15) is 0 Å². The van der Waals surface area contributed by atoms with E-state index in [4.69, 9.17) is 9.47 Å². The van der Waals surface area contributed by atoms with E-state index in [1.54, 1.807) is 0 Å². The van der Waals surface area contributed by atoms with Gasteiger partial charge in [-0.15, -0.1) is 0 Å². The van der Waals surface area contributed by atoms with Gasteiger partial charge in [-0.1, -0.05) is 44.2 Å². The van der Waals surface area contributed by atoms with Gasteiger partial charge in [-0.3, -0.25) is 4.79 Å². The van der Waals surface area contributed by atoms with Crippen LogP contribution in [0.15, 0.2) is 54.6 Å². The van der Waals surface area contributed by atoms with Crippen molar-refractivity contribution in [1.29, 1.82) is 0 Å². The first kappa shape index (κ1) is 20.1. The zero-order valence-electron chi connectivity index (χ0n) is 17.9. The molecule has 0 aliphatic carbocycles. The number of rotatable bonds is 7. The van der Waals surface area contributed by atoms with Crippen LogP contribution in [0.2, 0.25) is 0 Å². The van der Waals surface area contributed by atoms with E-state index in [2.05, 4.69) is 30.5 Å². The molecule has 1 amide bonds. The monoisotopic (exact) mass is 404 g/mol. The first-order valence-corrected chi connectivity index (χ1v) is 10.6. The second-order valence-corrected chi connectivity index (χ2v) is 7.56. The molecule has 0 atom stereocenters. The van der Waals surface area contributed by atoms with Crippen LogP contribution in [0.1, 0.15) is 42.7 Å². The van der Waals surface area contributed by atoms with Crippen LogP contribution in [0, 0.1) is 6.92 Å². The Labute approximate surface area is 177 Å². The third-order valence-corrected chi connectivity index (χ3v) is 5.44. The molecule has 0 saturated heterocycles. The molecule has 0 saturated carbocycles. The number of carbonyl (C=O) groups excluding carboxylic acids is 1. The predicted octanol–water partition coefficient (Wildman–Crippen LogP) is 5.44. The highest BCUT2D eigenvalue weighted by molar-refractivity contribution is 5.97. The number of fused-ring (bicyclic) bond motifs is 1. The molecule has 0 radical (unpaired) electrons. The molecule has 1 aromatic heterocycles. The van der Waals surface area contributed by atoms with Gasteiger partial charge in [0.1, 0.15) is 0 Å². The summed E-state index contributed by atoms with van der Waals surface area (Å²) in [6.07, 6.45) is 1.89. The normalized spacial score (nSPS) is 12.2. The average molecular weight is 405 g/mol. The fraction of sp³-hybridized carbons (Fsp3) is 0.320. The Morgan fingerprint density at radius 1 is 0.967 bits per heavy atom. The topological polar surface area (TPSA) is 43.7 Å². The molecule has 5 nitrogen and oxygen atoms in total. The average Bonchev–Trinajstić information content (AvgIpc) is 3.37. The van der Waals surface area contributed by atoms with Crippen molar-refractivity contribution in [2.75, 3.05) is 19.9 Å². The largest absolute Gasteiger partial charge is 0.454 e. The molecule has 5 heteroatoms. The molecular formula is C25H28N2O3. The van der Waals surface area contributed by atoms with Crippen LogP contribution in [-0.2, 0) is 0 Å². The van der Waals surface area contributed by atoms with Crippen molar-refractivity contribution in [2.45, 2.75) is 33.6 Å². The number of amides is 1. The second kappa shape index (κ2) is 8.66. The summed E-state index contributed by atoms with van der Waals surface area (Å²) in [6.45, 7) is 8.00. The Morgan fingerprint density at radius 2 is 1.67 bits per heavy atom. The van der Waals surface area contributed by atoms with Crippen LogP contribution >= 0.6 is 0 Å². The first-order valence-electron chi connectivity index (χ1n) is 10.6. The van der Waals surface area contributed by atoms with Crippen LogP contribution in [0.3, 0.4) is 0 Å². The van der Waals surface area contributed by atoms with E-state index in [1.165, 1.54) is 0 Å². The molecular weight excluding hydrogens is 376 g/mol. The summed E-state index contributed by atoms with van der Waals surface area (Å²) in [5.74, 6) is 1.57. The SMILES string of the molecule is CCCN(CCC)C(=O)c1cc(-c2ccccc2)n(-c2ccc3c(c2)OCO3)c1C. The molecule has 0 bridgehead atoms. The van der Waals surface area contributed by atoms with Crippen LogP contribution in [0.25, 0.3) is 16.9 Å². The third-order valence-electron chi connectivity index (χ3n) is 5.44. The summed E-state index contributed by atoms with van der Waals surface area (Å²) in [5, 5.41) is 0. The van der Waals surface area contributed by atoms with Crippen molar-refractivity contribution in [3.8, 4) is 28.4 Å². The summed E-state index contributed by atoms with van der Waals surface area (Å²) in [7, 11) is 0. The number of nitrogens with zero attached hydrogens (tertiary/aromatic N) is 2. The number of aromatic nitrogens is 1. The molecule has 0 fully saturated rings. The highest BCUT2D eigenvalue weighted by atomic mass is 16.7. The van der Waals surface area contributed by atoms with Gasteiger partial charge < -0.3 is 18.9 Å². The molecule has 30 heavy (non-hydrogen) atoms. The summed E-state index contributed by atoms with van der Waals surface area (Å²) >= 11 is 0. The molecule has 1 aliphatic rings. The maximum absolute atomic E-state index is 13.4. The standard InChI is InChI=1S/C25H28N2O3/c1-4-13-26(14-5-2)25(28)21-16-22(19-9-7-6-8-10-19)27(18(21)3)20-11-12-23-24(15-20)30-17-29-23/h6-12,15-16H,4-5,13-14,17H2,1-3H3. The molecule has 0 N–H and O–H groups in total. The minimum atomic E-state index is 0.0906. The second-order valence-electron chi connectivity index (χ2n) is 7.56. The molecule has 0 spiro atoms. The fourth-order valence-electron chi connectivity index (χ4n) is 4.03. The summed E-state index contributed by atoms with van der Waals surface area (Å²) in [6, 6.07) is 18.1. The zero-order valence-corrected chi connectivity index (χ0v) is 17.9. The summed E-state index contributed by atoms with van der Waals surface area (Å²) in [4.78, 5) is 15.4. The van der Waals surface area contributed by atoms with E-state index in [-0.39, 0.29) is 12.7 Å². The Kier molecular flexibility index (Phi) is 5.79. The van der Waals surface area contributed by atoms with Gasteiger partial charge in [0.2, 0.25) is 6.79 Å². The molecule has 4 rings (SSSR count). The predicted molar refractivity (Wildman–Crippen MR) is 119 cm³/mol. The minimum absolute atomic E-state index is 0.0906. The van der Waals surface area contributed by atoms with Gasteiger partial charge in [0, 0.05) is 30.5 Å². The van der Waals surface area contributed by atoms with E-state index >= 15 is 0 Å². The van der Waals surface area contributed by atoms with Crippen molar-refractivity contribution >= 4 is 5.91 Å². The molecule has 2 heterocycles. The Morgan fingerprint density at radius 3 is 2.37 bits per heavy atom. The van der Waals surface area contributed by atoms with Gasteiger partial charge in [0.25, 0.3) is 5.91 Å². The van der Waals surface area contributed by atoms with Gasteiger partial charge in [0.05, 0.1) is 11.3 Å². The lowest BCUT2D eigenvalue weighted by atomic mass is 10.1. The zero-order chi connectivity index (χ0) is 21.1. The van der Waals surface area contributed by atoms with Crippen molar-refractivity contribution in [2.24, 2.45) is 0 Å². The van der Waals surface area contributed by atoms with Crippen LogP contribution < -0.4 is 9.47 Å². The first-order chi connectivity index (χ1) is 14.6. The van der Waals surface area contributed by atoms with E-state index in [1.807, 2.05) is 54.3 Å².